The minimum Gasteiger partial charge on any atom is -0.693 e. The molecule has 0 aliphatic carbocycles. The fraction of sp³-hybridized carbons (Fsp3) is 0.600. The lowest BCUT2D eigenvalue weighted by Gasteiger charge is -1.90. The molecular formula is C5H7-. The first-order valence-electron chi connectivity index (χ1n) is 1.69. The molecule has 0 saturated carbocycles. The van der Waals surface area contributed by atoms with Crippen molar-refractivity contribution >= 4 is 0 Å². The van der Waals surface area contributed by atoms with E-state index >= 15 is 0 Å². The van der Waals surface area contributed by atoms with Crippen LogP contribution in [0.25, 0.3) is 0 Å². The average Bonchev–Trinajstić information content (AvgIpc) is 1.38. The predicted molar refractivity (Wildman–Crippen MR) is 22.0 cm³/mol. The van der Waals surface area contributed by atoms with Gasteiger partial charge in [-0.05, 0) is 5.92 Å². The van der Waals surface area contributed by atoms with Crippen LogP contribution in [0.4, 0.5) is 0 Å². The van der Waals surface area contributed by atoms with Gasteiger partial charge in [0.15, 0.2) is 0 Å². The molecule has 5 heavy (non-hydrogen) atoms. The highest BCUT2D eigenvalue weighted by molar-refractivity contribution is 4.78. The third-order valence-corrected chi connectivity index (χ3v) is 0.289. The van der Waals surface area contributed by atoms with Gasteiger partial charge in [-0.2, -0.15) is 0 Å². The Labute approximate surface area is 33.2 Å². The summed E-state index contributed by atoms with van der Waals surface area (Å²) in [6.45, 7) is 3.85. The maximum absolute atomic E-state index is 6.41. The minimum absolute atomic E-state index is 0.301. The van der Waals surface area contributed by atoms with Crippen LogP contribution in [-0.4, -0.2) is 0 Å². The Bertz CT molecular complexity index is 45.5. The van der Waals surface area contributed by atoms with Crippen molar-refractivity contribution in [2.24, 2.45) is 5.92 Å². The largest absolute Gasteiger partial charge is 0.693 e. The van der Waals surface area contributed by atoms with Crippen LogP contribution in [0.1, 0.15) is 13.8 Å². The molecule has 0 unspecified atom stereocenters. The third kappa shape index (κ3) is 3.56. The molecular weight excluding hydrogens is 60.1 g/mol. The van der Waals surface area contributed by atoms with Crippen molar-refractivity contribution in [2.75, 3.05) is 0 Å². The highest BCUT2D eigenvalue weighted by Crippen LogP contribution is 1.82. The van der Waals surface area contributed by atoms with E-state index in [1.807, 2.05) is 13.8 Å². The first-order valence-corrected chi connectivity index (χ1v) is 1.69. The van der Waals surface area contributed by atoms with Gasteiger partial charge in [0.05, 0.1) is 0 Å². The zero-order valence-corrected chi connectivity index (χ0v) is 3.58. The molecule has 0 aromatic rings. The summed E-state index contributed by atoms with van der Waals surface area (Å²) >= 11 is 0. The summed E-state index contributed by atoms with van der Waals surface area (Å²) in [6, 6.07) is 0. The molecule has 0 rings (SSSR count). The van der Waals surface area contributed by atoms with Gasteiger partial charge < -0.3 is 12.3 Å². The SMILES string of the molecule is [C-]#CC(C)C. The van der Waals surface area contributed by atoms with Gasteiger partial charge in [0.1, 0.15) is 0 Å². The van der Waals surface area contributed by atoms with E-state index in [0.717, 1.165) is 0 Å². The topological polar surface area (TPSA) is 0 Å². The van der Waals surface area contributed by atoms with Crippen molar-refractivity contribution in [3.63, 3.8) is 0 Å². The van der Waals surface area contributed by atoms with Gasteiger partial charge in [-0.1, -0.05) is 13.8 Å². The molecule has 0 nitrogen and oxygen atoms in total. The summed E-state index contributed by atoms with van der Waals surface area (Å²) in [6.07, 6.45) is 6.41. The van der Waals surface area contributed by atoms with Gasteiger partial charge in [0.25, 0.3) is 0 Å². The summed E-state index contributed by atoms with van der Waals surface area (Å²) in [5.41, 5.74) is 0. The van der Waals surface area contributed by atoms with Gasteiger partial charge >= 0.3 is 0 Å². The Hall–Kier alpha value is -0.440. The van der Waals surface area contributed by atoms with Crippen LogP contribution in [0.3, 0.4) is 0 Å². The van der Waals surface area contributed by atoms with Crippen molar-refractivity contribution in [2.45, 2.75) is 13.8 Å². The second-order valence-electron chi connectivity index (χ2n) is 1.30. The molecule has 0 heteroatoms. The minimum atomic E-state index is 0.301. The molecule has 0 N–H and O–H groups in total. The molecule has 0 saturated heterocycles. The van der Waals surface area contributed by atoms with Crippen LogP contribution < -0.4 is 0 Å². The van der Waals surface area contributed by atoms with E-state index in [0.29, 0.717) is 5.92 Å². The smallest absolute Gasteiger partial charge is 0.0254 e. The lowest BCUT2D eigenvalue weighted by Crippen LogP contribution is -1.72. The van der Waals surface area contributed by atoms with Gasteiger partial charge in [-0.15, -0.1) is 0 Å². The van der Waals surface area contributed by atoms with Crippen LogP contribution in [0, 0.1) is 18.3 Å². The summed E-state index contributed by atoms with van der Waals surface area (Å²) in [7, 11) is 0. The highest BCUT2D eigenvalue weighted by Gasteiger charge is 1.67. The van der Waals surface area contributed by atoms with Crippen LogP contribution in [-0.2, 0) is 0 Å². The van der Waals surface area contributed by atoms with E-state index in [4.69, 9.17) is 6.42 Å². The number of rotatable bonds is 0. The van der Waals surface area contributed by atoms with E-state index in [1.165, 1.54) is 0 Å². The molecule has 0 bridgehead atoms. The number of hydrogen-bond acceptors (Lipinski definition) is 0. The first-order chi connectivity index (χ1) is 2.27. The first kappa shape index (κ1) is 4.56. The Morgan fingerprint density at radius 3 is 1.80 bits per heavy atom. The Morgan fingerprint density at radius 2 is 1.80 bits per heavy atom. The fourth-order valence-electron chi connectivity index (χ4n) is 0. The molecule has 0 fully saturated rings. The summed E-state index contributed by atoms with van der Waals surface area (Å²) in [5, 5.41) is 0. The molecule has 0 spiro atoms. The fourth-order valence-corrected chi connectivity index (χ4v) is 0. The number of hydrogen-bond donors (Lipinski definition) is 0. The molecule has 0 heterocycles. The Morgan fingerprint density at radius 1 is 1.60 bits per heavy atom. The van der Waals surface area contributed by atoms with Gasteiger partial charge in [0.2, 0.25) is 0 Å². The lowest BCUT2D eigenvalue weighted by molar-refractivity contribution is 0.866. The maximum Gasteiger partial charge on any atom is -0.0254 e. The standard InChI is InChI=1S/C5H7/c1-4-5(2)3/h5H,2-3H3/q-1. The summed E-state index contributed by atoms with van der Waals surface area (Å²) in [5.74, 6) is 2.58. The average molecular weight is 67.1 g/mol. The maximum atomic E-state index is 6.41. The molecule has 0 aliphatic rings. The summed E-state index contributed by atoms with van der Waals surface area (Å²) < 4.78 is 0. The second kappa shape index (κ2) is 1.84. The normalized spacial score (nSPS) is 7.60. The van der Waals surface area contributed by atoms with Crippen molar-refractivity contribution in [1.29, 1.82) is 0 Å². The van der Waals surface area contributed by atoms with E-state index in [2.05, 4.69) is 5.92 Å². The summed E-state index contributed by atoms with van der Waals surface area (Å²) in [4.78, 5) is 0. The molecule has 0 aromatic carbocycles. The van der Waals surface area contributed by atoms with E-state index in [9.17, 15) is 0 Å². The predicted octanol–water partition coefficient (Wildman–Crippen LogP) is 1.23. The van der Waals surface area contributed by atoms with Crippen LogP contribution in [0.5, 0.6) is 0 Å². The molecule has 0 aromatic heterocycles. The molecule has 28 valence electrons. The zero-order chi connectivity index (χ0) is 4.28. The molecule has 0 amide bonds. The van der Waals surface area contributed by atoms with Gasteiger partial charge in [0, 0.05) is 0 Å². The highest BCUT2D eigenvalue weighted by atomic mass is 13.8. The van der Waals surface area contributed by atoms with E-state index < -0.39 is 0 Å². The van der Waals surface area contributed by atoms with Crippen LogP contribution in [0.2, 0.25) is 0 Å². The van der Waals surface area contributed by atoms with Gasteiger partial charge in [-0.25, -0.2) is 0 Å². The quantitative estimate of drug-likeness (QED) is 0.295. The van der Waals surface area contributed by atoms with Crippen molar-refractivity contribution in [3.8, 4) is 5.92 Å². The van der Waals surface area contributed by atoms with Crippen molar-refractivity contribution < 1.29 is 0 Å². The zero-order valence-electron chi connectivity index (χ0n) is 3.58. The van der Waals surface area contributed by atoms with Crippen LogP contribution >= 0.6 is 0 Å². The molecule has 0 atom stereocenters. The molecule has 0 radical (unpaired) electrons. The Balaban J connectivity index is 2.94. The van der Waals surface area contributed by atoms with Crippen molar-refractivity contribution in [3.05, 3.63) is 6.42 Å². The third-order valence-electron chi connectivity index (χ3n) is 0.289. The van der Waals surface area contributed by atoms with Crippen LogP contribution in [0.15, 0.2) is 0 Å². The lowest BCUT2D eigenvalue weighted by atomic mass is 10.2. The second-order valence-corrected chi connectivity index (χ2v) is 1.30. The van der Waals surface area contributed by atoms with E-state index in [-0.39, 0.29) is 0 Å². The monoisotopic (exact) mass is 67.1 g/mol. The molecule has 0 aliphatic heterocycles. The van der Waals surface area contributed by atoms with Gasteiger partial charge in [-0.3, -0.25) is 0 Å². The van der Waals surface area contributed by atoms with Crippen molar-refractivity contribution in [1.82, 2.24) is 0 Å². The Kier molecular flexibility index (Phi) is 1.68. The van der Waals surface area contributed by atoms with E-state index in [1.54, 1.807) is 0 Å².